The summed E-state index contributed by atoms with van der Waals surface area (Å²) in [6, 6.07) is 6.12. The SMILES string of the molecule is CCC(CC)COc1ccc(Br)cc1CN1C/C=C\C(C(=O)O)=C/CNC1. The van der Waals surface area contributed by atoms with E-state index in [1.165, 1.54) is 0 Å². The third kappa shape index (κ3) is 7.13. The minimum atomic E-state index is -0.898. The molecule has 0 atom stereocenters. The number of hydrogen-bond acceptors (Lipinski definition) is 4. The molecule has 1 aromatic carbocycles. The van der Waals surface area contributed by atoms with E-state index in [0.29, 0.717) is 31.2 Å². The molecule has 0 bridgehead atoms. The van der Waals surface area contributed by atoms with Gasteiger partial charge in [-0.15, -0.1) is 0 Å². The Bertz CT molecular complexity index is 684. The highest BCUT2D eigenvalue weighted by Crippen LogP contribution is 2.26. The maximum Gasteiger partial charge on any atom is 0.335 e. The van der Waals surface area contributed by atoms with Crippen molar-refractivity contribution in [1.29, 1.82) is 0 Å². The molecule has 2 N–H and O–H groups in total. The van der Waals surface area contributed by atoms with E-state index in [9.17, 15) is 9.90 Å². The Morgan fingerprint density at radius 2 is 2.15 bits per heavy atom. The lowest BCUT2D eigenvalue weighted by molar-refractivity contribution is -0.132. The molecule has 0 spiro atoms. The highest BCUT2D eigenvalue weighted by atomic mass is 79.9. The highest BCUT2D eigenvalue weighted by molar-refractivity contribution is 9.10. The van der Waals surface area contributed by atoms with Crippen LogP contribution in [0.25, 0.3) is 0 Å². The smallest absolute Gasteiger partial charge is 0.335 e. The number of nitrogens with one attached hydrogen (secondary N) is 1. The Morgan fingerprint density at radius 1 is 1.37 bits per heavy atom. The van der Waals surface area contributed by atoms with E-state index in [-0.39, 0.29) is 0 Å². The Morgan fingerprint density at radius 3 is 2.85 bits per heavy atom. The van der Waals surface area contributed by atoms with E-state index in [0.717, 1.165) is 41.8 Å². The lowest BCUT2D eigenvalue weighted by Crippen LogP contribution is -2.34. The molecule has 2 rings (SSSR count). The molecule has 6 heteroatoms. The number of hydrogen-bond donors (Lipinski definition) is 2. The van der Waals surface area contributed by atoms with Gasteiger partial charge in [-0.05, 0) is 24.1 Å². The summed E-state index contributed by atoms with van der Waals surface area (Å²) in [6.45, 7) is 7.70. The minimum Gasteiger partial charge on any atom is -0.493 e. The molecule has 0 aromatic heterocycles. The molecule has 1 aliphatic rings. The van der Waals surface area contributed by atoms with Crippen LogP contribution >= 0.6 is 15.9 Å². The second-order valence-electron chi connectivity index (χ2n) is 6.74. The quantitative estimate of drug-likeness (QED) is 0.639. The molecular formula is C21H29BrN2O3. The van der Waals surface area contributed by atoms with E-state index >= 15 is 0 Å². The molecule has 1 heterocycles. The Labute approximate surface area is 170 Å². The summed E-state index contributed by atoms with van der Waals surface area (Å²) in [5.74, 6) is 0.584. The number of aliphatic carboxylic acids is 1. The molecule has 0 saturated heterocycles. The molecule has 1 aromatic rings. The number of rotatable bonds is 8. The Balaban J connectivity index is 2.08. The number of ether oxygens (including phenoxy) is 1. The molecule has 0 aliphatic carbocycles. The summed E-state index contributed by atoms with van der Waals surface area (Å²) in [5.41, 5.74) is 1.44. The molecule has 1 aliphatic heterocycles. The summed E-state index contributed by atoms with van der Waals surface area (Å²) in [4.78, 5) is 13.4. The second kappa shape index (κ2) is 11.3. The third-order valence-corrected chi connectivity index (χ3v) is 5.25. The molecule has 148 valence electrons. The first kappa shape index (κ1) is 21.7. The van der Waals surface area contributed by atoms with Crippen molar-refractivity contribution in [3.63, 3.8) is 0 Å². The topological polar surface area (TPSA) is 61.8 Å². The number of carboxylic acids is 1. The average Bonchev–Trinajstić information content (AvgIpc) is 2.76. The van der Waals surface area contributed by atoms with Crippen LogP contribution in [0.2, 0.25) is 0 Å². The van der Waals surface area contributed by atoms with Crippen LogP contribution in [0.5, 0.6) is 5.75 Å². The molecule has 0 radical (unpaired) electrons. The minimum absolute atomic E-state index is 0.320. The van der Waals surface area contributed by atoms with Gasteiger partial charge in [0.15, 0.2) is 0 Å². The monoisotopic (exact) mass is 436 g/mol. The van der Waals surface area contributed by atoms with Crippen LogP contribution in [0.1, 0.15) is 32.3 Å². The summed E-state index contributed by atoms with van der Waals surface area (Å²) in [6.07, 6.45) is 7.50. The van der Waals surface area contributed by atoms with Crippen molar-refractivity contribution in [1.82, 2.24) is 10.2 Å². The molecule has 0 amide bonds. The number of carboxylic acid groups (broad SMARTS) is 1. The van der Waals surface area contributed by atoms with Gasteiger partial charge in [-0.3, -0.25) is 4.90 Å². The Hall–Kier alpha value is -1.63. The first-order valence-electron chi connectivity index (χ1n) is 9.47. The third-order valence-electron chi connectivity index (χ3n) is 4.76. The van der Waals surface area contributed by atoms with Gasteiger partial charge < -0.3 is 15.2 Å². The van der Waals surface area contributed by atoms with Crippen LogP contribution in [-0.2, 0) is 11.3 Å². The molecule has 5 nitrogen and oxygen atoms in total. The molecule has 0 fully saturated rings. The first-order valence-corrected chi connectivity index (χ1v) is 10.3. The lowest BCUT2D eigenvalue weighted by atomic mass is 10.1. The van der Waals surface area contributed by atoms with Gasteiger partial charge in [-0.25, -0.2) is 4.79 Å². The van der Waals surface area contributed by atoms with E-state index in [2.05, 4.69) is 46.1 Å². The number of carbonyl (C=O) groups is 1. The predicted molar refractivity (Wildman–Crippen MR) is 112 cm³/mol. The fourth-order valence-electron chi connectivity index (χ4n) is 2.93. The molecular weight excluding hydrogens is 408 g/mol. The van der Waals surface area contributed by atoms with Crippen molar-refractivity contribution < 1.29 is 14.6 Å². The van der Waals surface area contributed by atoms with Crippen LogP contribution in [0.15, 0.2) is 46.5 Å². The van der Waals surface area contributed by atoms with E-state index < -0.39 is 5.97 Å². The van der Waals surface area contributed by atoms with Gasteiger partial charge in [0.05, 0.1) is 12.2 Å². The molecule has 0 saturated carbocycles. The average molecular weight is 437 g/mol. The normalized spacial score (nSPS) is 18.9. The number of benzene rings is 1. The van der Waals surface area contributed by atoms with Gasteiger partial charge in [-0.2, -0.15) is 0 Å². The summed E-state index contributed by atoms with van der Waals surface area (Å²) in [7, 11) is 0. The molecule has 0 unspecified atom stereocenters. The highest BCUT2D eigenvalue weighted by Gasteiger charge is 2.13. The predicted octanol–water partition coefficient (Wildman–Crippen LogP) is 4.19. The largest absolute Gasteiger partial charge is 0.493 e. The van der Waals surface area contributed by atoms with E-state index in [1.54, 1.807) is 12.2 Å². The van der Waals surface area contributed by atoms with Crippen molar-refractivity contribution in [2.24, 2.45) is 5.92 Å². The van der Waals surface area contributed by atoms with E-state index in [4.69, 9.17) is 4.74 Å². The van der Waals surface area contributed by atoms with Gasteiger partial charge in [0.1, 0.15) is 5.75 Å². The van der Waals surface area contributed by atoms with Crippen LogP contribution in [0.4, 0.5) is 0 Å². The van der Waals surface area contributed by atoms with Crippen molar-refractivity contribution in [3.8, 4) is 5.75 Å². The lowest BCUT2D eigenvalue weighted by Gasteiger charge is -2.23. The zero-order chi connectivity index (χ0) is 19.6. The van der Waals surface area contributed by atoms with Gasteiger partial charge in [0, 0.05) is 36.3 Å². The van der Waals surface area contributed by atoms with Crippen LogP contribution in [-0.4, -0.2) is 42.3 Å². The fraction of sp³-hybridized carbons (Fsp3) is 0.476. The first-order chi connectivity index (χ1) is 13.0. The summed E-state index contributed by atoms with van der Waals surface area (Å²) >= 11 is 3.56. The van der Waals surface area contributed by atoms with Crippen molar-refractivity contribution in [2.75, 3.05) is 26.4 Å². The van der Waals surface area contributed by atoms with Crippen LogP contribution < -0.4 is 10.1 Å². The van der Waals surface area contributed by atoms with Crippen LogP contribution in [0.3, 0.4) is 0 Å². The van der Waals surface area contributed by atoms with E-state index in [1.807, 2.05) is 18.2 Å². The van der Waals surface area contributed by atoms with Crippen LogP contribution in [0, 0.1) is 5.92 Å². The standard InChI is InChI=1S/C21H29BrN2O3/c1-3-16(4-2)14-27-20-8-7-19(22)12-18(20)13-24-11-5-6-17(21(25)26)9-10-23-15-24/h5-9,12,16,23H,3-4,10-11,13-15H2,1-2H3,(H,25,26)/b6-5-,17-9+. The number of nitrogens with zero attached hydrogens (tertiary/aromatic N) is 1. The van der Waals surface area contributed by atoms with Gasteiger partial charge in [-0.1, -0.05) is 60.8 Å². The zero-order valence-corrected chi connectivity index (χ0v) is 17.7. The van der Waals surface area contributed by atoms with Crippen molar-refractivity contribution in [3.05, 3.63) is 52.0 Å². The van der Waals surface area contributed by atoms with Crippen molar-refractivity contribution >= 4 is 21.9 Å². The molecule has 27 heavy (non-hydrogen) atoms. The number of halogens is 1. The summed E-state index contributed by atoms with van der Waals surface area (Å²) < 4.78 is 7.16. The Kier molecular flexibility index (Phi) is 9.04. The maximum absolute atomic E-state index is 11.2. The van der Waals surface area contributed by atoms with Crippen molar-refractivity contribution in [2.45, 2.75) is 33.2 Å². The second-order valence-corrected chi connectivity index (χ2v) is 7.65. The maximum atomic E-state index is 11.2. The van der Waals surface area contributed by atoms with Gasteiger partial charge >= 0.3 is 5.97 Å². The van der Waals surface area contributed by atoms with Gasteiger partial charge in [0.25, 0.3) is 0 Å². The summed E-state index contributed by atoms with van der Waals surface area (Å²) in [5, 5.41) is 12.5. The van der Waals surface area contributed by atoms with Gasteiger partial charge in [0.2, 0.25) is 0 Å². The zero-order valence-electron chi connectivity index (χ0n) is 16.1. The fourth-order valence-corrected chi connectivity index (χ4v) is 3.34.